The van der Waals surface area contributed by atoms with E-state index in [1.54, 1.807) is 0 Å². The number of hydrogen-bond acceptors (Lipinski definition) is 6. The van der Waals surface area contributed by atoms with Crippen molar-refractivity contribution in [3.05, 3.63) is 42.5 Å². The quantitative estimate of drug-likeness (QED) is 0.616. The molecular weight excluding hydrogens is 344 g/mol. The van der Waals surface area contributed by atoms with Gasteiger partial charge in [-0.15, -0.1) is 0 Å². The Balaban J connectivity index is 1.66. The number of hydrogen-bond donors (Lipinski definition) is 1. The van der Waals surface area contributed by atoms with Crippen LogP contribution in [0.3, 0.4) is 0 Å². The largest absolute Gasteiger partial charge is 0.489 e. The lowest BCUT2D eigenvalue weighted by Crippen LogP contribution is -2.25. The maximum absolute atomic E-state index is 5.94. The van der Waals surface area contributed by atoms with Crippen LogP contribution >= 0.6 is 0 Å². The lowest BCUT2D eigenvalue weighted by Gasteiger charge is -2.13. The van der Waals surface area contributed by atoms with Gasteiger partial charge < -0.3 is 24.3 Å². The highest BCUT2D eigenvalue weighted by atomic mass is 16.5. The Morgan fingerprint density at radius 2 is 1.22 bits per heavy atom. The maximum Gasteiger partial charge on any atom is 0.145 e. The van der Waals surface area contributed by atoms with Crippen molar-refractivity contribution in [3.63, 3.8) is 0 Å². The minimum atomic E-state index is 0.486. The third-order valence-corrected chi connectivity index (χ3v) is 4.41. The van der Waals surface area contributed by atoms with Gasteiger partial charge in [0.1, 0.15) is 35.7 Å². The second kappa shape index (κ2) is 8.99. The van der Waals surface area contributed by atoms with Gasteiger partial charge in [-0.1, -0.05) is 24.3 Å². The molecule has 6 nitrogen and oxygen atoms in total. The van der Waals surface area contributed by atoms with Crippen LogP contribution < -0.4 is 14.8 Å². The Kier molecular flexibility index (Phi) is 5.99. The van der Waals surface area contributed by atoms with Crippen molar-refractivity contribution in [1.82, 2.24) is 10.3 Å². The second-order valence-corrected chi connectivity index (χ2v) is 6.32. The first kappa shape index (κ1) is 18.0. The van der Waals surface area contributed by atoms with E-state index in [1.165, 1.54) is 0 Å². The van der Waals surface area contributed by atoms with E-state index in [9.17, 15) is 0 Å². The van der Waals surface area contributed by atoms with E-state index in [4.69, 9.17) is 23.9 Å². The molecule has 1 aliphatic rings. The van der Waals surface area contributed by atoms with Crippen molar-refractivity contribution in [1.29, 1.82) is 0 Å². The fourth-order valence-corrected chi connectivity index (χ4v) is 3.10. The average Bonchev–Trinajstić information content (AvgIpc) is 2.69. The highest BCUT2D eigenvalue weighted by Gasteiger charge is 2.10. The predicted octanol–water partition coefficient (Wildman–Crippen LogP) is 2.78. The molecule has 0 amide bonds. The van der Waals surface area contributed by atoms with Crippen molar-refractivity contribution in [3.8, 4) is 11.5 Å². The Morgan fingerprint density at radius 3 is 1.78 bits per heavy atom. The molecule has 2 bridgehead atoms. The number of ether oxygens (including phenoxy) is 4. The summed E-state index contributed by atoms with van der Waals surface area (Å²) in [6.07, 6.45) is 0. The van der Waals surface area contributed by atoms with Gasteiger partial charge in [0.05, 0.1) is 26.4 Å². The van der Waals surface area contributed by atoms with Crippen LogP contribution in [0.25, 0.3) is 21.8 Å². The zero-order valence-electron chi connectivity index (χ0n) is 15.3. The Hall–Kier alpha value is -2.41. The molecule has 0 fully saturated rings. The number of para-hydroxylation sites is 2. The normalized spacial score (nSPS) is 17.3. The SMILES string of the molecule is c1cc2c3nc4c(cccc4cc3c1)OCCOCCNCCOCCO2. The van der Waals surface area contributed by atoms with Gasteiger partial charge in [0.25, 0.3) is 0 Å². The second-order valence-electron chi connectivity index (χ2n) is 6.32. The molecule has 1 aromatic heterocycles. The summed E-state index contributed by atoms with van der Waals surface area (Å²) in [5.74, 6) is 1.52. The van der Waals surface area contributed by atoms with Crippen LogP contribution in [0.5, 0.6) is 11.5 Å². The van der Waals surface area contributed by atoms with Crippen LogP contribution in [0.1, 0.15) is 0 Å². The first-order chi connectivity index (χ1) is 13.4. The van der Waals surface area contributed by atoms with E-state index in [-0.39, 0.29) is 0 Å². The van der Waals surface area contributed by atoms with Gasteiger partial charge in [-0.3, -0.25) is 0 Å². The van der Waals surface area contributed by atoms with E-state index < -0.39 is 0 Å². The first-order valence-corrected chi connectivity index (χ1v) is 9.36. The lowest BCUT2D eigenvalue weighted by atomic mass is 10.1. The molecule has 142 valence electrons. The summed E-state index contributed by atoms with van der Waals surface area (Å²) in [5, 5.41) is 5.37. The Bertz CT molecular complexity index is 831. The van der Waals surface area contributed by atoms with Gasteiger partial charge in [-0.2, -0.15) is 0 Å². The van der Waals surface area contributed by atoms with Crippen molar-refractivity contribution in [2.24, 2.45) is 0 Å². The number of pyridine rings is 1. The molecule has 0 saturated heterocycles. The van der Waals surface area contributed by atoms with Gasteiger partial charge in [0.15, 0.2) is 0 Å². The van der Waals surface area contributed by atoms with Gasteiger partial charge in [-0.25, -0.2) is 4.98 Å². The summed E-state index contributed by atoms with van der Waals surface area (Å²) in [7, 11) is 0. The first-order valence-electron chi connectivity index (χ1n) is 9.36. The number of rotatable bonds is 0. The molecule has 6 heteroatoms. The number of benzene rings is 2. The lowest BCUT2D eigenvalue weighted by molar-refractivity contribution is 0.0909. The number of aromatic nitrogens is 1. The molecule has 2 heterocycles. The molecule has 0 atom stereocenters. The van der Waals surface area contributed by atoms with Crippen molar-refractivity contribution in [2.75, 3.05) is 52.7 Å². The third-order valence-electron chi connectivity index (χ3n) is 4.41. The topological polar surface area (TPSA) is 61.8 Å². The molecule has 0 radical (unpaired) electrons. The molecule has 3 aromatic rings. The summed E-state index contributed by atoms with van der Waals surface area (Å²) in [6, 6.07) is 14.1. The van der Waals surface area contributed by atoms with E-state index in [1.807, 2.05) is 36.4 Å². The molecule has 1 N–H and O–H groups in total. The van der Waals surface area contributed by atoms with Gasteiger partial charge >= 0.3 is 0 Å². The zero-order valence-corrected chi connectivity index (χ0v) is 15.3. The monoisotopic (exact) mass is 368 g/mol. The molecule has 0 aliphatic carbocycles. The zero-order chi connectivity index (χ0) is 18.3. The van der Waals surface area contributed by atoms with Gasteiger partial charge in [0, 0.05) is 23.9 Å². The maximum atomic E-state index is 5.94. The van der Waals surface area contributed by atoms with Crippen LogP contribution in [0.15, 0.2) is 42.5 Å². The summed E-state index contributed by atoms with van der Waals surface area (Å²) in [5.41, 5.74) is 1.67. The summed E-state index contributed by atoms with van der Waals surface area (Å²) >= 11 is 0. The standard InChI is InChI=1S/C21H24N2O4/c1-3-16-15-17-4-2-6-19-21(17)23-20(16)18(5-1)26-13-11-24-9-7-22-8-10-25-12-14-27-19/h1-6,15,22H,7-14H2. The van der Waals surface area contributed by atoms with Crippen LogP contribution in [0, 0.1) is 0 Å². The molecule has 1 aliphatic heterocycles. The van der Waals surface area contributed by atoms with Crippen molar-refractivity contribution < 1.29 is 18.9 Å². The molecule has 0 unspecified atom stereocenters. The molecule has 0 saturated carbocycles. The summed E-state index contributed by atoms with van der Waals surface area (Å²) < 4.78 is 23.1. The third kappa shape index (κ3) is 4.47. The van der Waals surface area contributed by atoms with Crippen molar-refractivity contribution in [2.45, 2.75) is 0 Å². The summed E-state index contributed by atoms with van der Waals surface area (Å²) in [6.45, 7) is 4.93. The van der Waals surface area contributed by atoms with Gasteiger partial charge in [0.2, 0.25) is 0 Å². The Labute approximate surface area is 158 Å². The molecule has 2 aromatic carbocycles. The predicted molar refractivity (Wildman–Crippen MR) is 105 cm³/mol. The highest BCUT2D eigenvalue weighted by molar-refractivity contribution is 5.97. The molecular formula is C21H24N2O4. The van der Waals surface area contributed by atoms with Crippen LogP contribution in [-0.4, -0.2) is 57.7 Å². The fraction of sp³-hybridized carbons (Fsp3) is 0.381. The highest BCUT2D eigenvalue weighted by Crippen LogP contribution is 2.31. The smallest absolute Gasteiger partial charge is 0.145 e. The summed E-state index contributed by atoms with van der Waals surface area (Å²) in [4.78, 5) is 4.86. The molecule has 27 heavy (non-hydrogen) atoms. The minimum absolute atomic E-state index is 0.486. The fourth-order valence-electron chi connectivity index (χ4n) is 3.10. The van der Waals surface area contributed by atoms with E-state index >= 15 is 0 Å². The van der Waals surface area contributed by atoms with Crippen LogP contribution in [0.4, 0.5) is 0 Å². The Morgan fingerprint density at radius 1 is 0.667 bits per heavy atom. The molecule has 0 spiro atoms. The van der Waals surface area contributed by atoms with Crippen LogP contribution in [-0.2, 0) is 9.47 Å². The number of nitrogens with zero attached hydrogens (tertiary/aromatic N) is 1. The van der Waals surface area contributed by atoms with Crippen LogP contribution in [0.2, 0.25) is 0 Å². The average molecular weight is 368 g/mol. The van der Waals surface area contributed by atoms with Gasteiger partial charge in [-0.05, 0) is 18.2 Å². The molecule has 4 rings (SSSR count). The van der Waals surface area contributed by atoms with E-state index in [0.29, 0.717) is 39.6 Å². The number of nitrogens with one attached hydrogen (secondary N) is 1. The van der Waals surface area contributed by atoms with Crippen molar-refractivity contribution >= 4 is 21.8 Å². The minimum Gasteiger partial charge on any atom is -0.489 e. The van der Waals surface area contributed by atoms with E-state index in [2.05, 4.69) is 11.4 Å². The van der Waals surface area contributed by atoms with E-state index in [0.717, 1.165) is 46.4 Å².